The van der Waals surface area contributed by atoms with Gasteiger partial charge in [0, 0.05) is 23.0 Å². The molecule has 0 unspecified atom stereocenters. The Balaban J connectivity index is 2.55. The summed E-state index contributed by atoms with van der Waals surface area (Å²) in [6, 6.07) is 9.21. The van der Waals surface area contributed by atoms with E-state index < -0.39 is 5.56 Å². The lowest BCUT2D eigenvalue weighted by Gasteiger charge is -2.14. The topological polar surface area (TPSA) is 55.1 Å². The highest BCUT2D eigenvalue weighted by atomic mass is 35.5. The summed E-state index contributed by atoms with van der Waals surface area (Å²) in [6.07, 6.45) is 0. The molecular weight excluding hydrogens is 323 g/mol. The lowest BCUT2D eigenvalue weighted by molar-refractivity contribution is 0.467. The van der Waals surface area contributed by atoms with E-state index in [0.717, 1.165) is 21.0 Å². The third kappa shape index (κ3) is 2.16. The number of hydrogen-bond donors (Lipinski definition) is 1. The Morgan fingerprint density at radius 2 is 1.77 bits per heavy atom. The van der Waals surface area contributed by atoms with Gasteiger partial charge in [0.15, 0.2) is 10.9 Å². The van der Waals surface area contributed by atoms with E-state index in [-0.39, 0.29) is 16.5 Å². The number of aryl methyl sites for hydroxylation is 2. The van der Waals surface area contributed by atoms with Gasteiger partial charge in [0.2, 0.25) is 0 Å². The van der Waals surface area contributed by atoms with Gasteiger partial charge in [-0.1, -0.05) is 47.5 Å². The van der Waals surface area contributed by atoms with Gasteiger partial charge in [0.1, 0.15) is 0 Å². The first-order valence-corrected chi connectivity index (χ1v) is 7.31. The maximum Gasteiger partial charge on any atom is 0.278 e. The zero-order valence-corrected chi connectivity index (χ0v) is 13.4. The summed E-state index contributed by atoms with van der Waals surface area (Å²) < 4.78 is 1.11. The zero-order chi connectivity index (χ0) is 16.0. The molecule has 6 heteroatoms. The maximum atomic E-state index is 12.5. The van der Waals surface area contributed by atoms with E-state index in [2.05, 4.69) is 5.10 Å². The second-order valence-corrected chi connectivity index (χ2v) is 5.80. The van der Waals surface area contributed by atoms with Crippen LogP contribution in [0.25, 0.3) is 21.9 Å². The van der Waals surface area contributed by atoms with Crippen LogP contribution in [0.2, 0.25) is 10.2 Å². The summed E-state index contributed by atoms with van der Waals surface area (Å²) in [5.41, 5.74) is 1.10. The van der Waals surface area contributed by atoms with Crippen molar-refractivity contribution >= 4 is 34.0 Å². The molecule has 4 nitrogen and oxygen atoms in total. The molecule has 0 atom stereocenters. The molecule has 0 aliphatic rings. The van der Waals surface area contributed by atoms with Crippen molar-refractivity contribution in [2.45, 2.75) is 6.92 Å². The fourth-order valence-electron chi connectivity index (χ4n) is 2.61. The van der Waals surface area contributed by atoms with E-state index in [0.29, 0.717) is 10.6 Å². The molecule has 112 valence electrons. The van der Waals surface area contributed by atoms with Crippen LogP contribution in [0, 0.1) is 6.92 Å². The molecule has 3 aromatic rings. The molecule has 0 saturated heterocycles. The van der Waals surface area contributed by atoms with Crippen molar-refractivity contribution in [3.63, 3.8) is 0 Å². The van der Waals surface area contributed by atoms with Gasteiger partial charge in [-0.25, -0.2) is 4.68 Å². The Hall–Kier alpha value is -2.04. The van der Waals surface area contributed by atoms with Crippen molar-refractivity contribution in [2.75, 3.05) is 0 Å². The zero-order valence-electron chi connectivity index (χ0n) is 11.9. The highest BCUT2D eigenvalue weighted by Gasteiger charge is 2.20. The van der Waals surface area contributed by atoms with E-state index in [1.165, 1.54) is 7.05 Å². The van der Waals surface area contributed by atoms with Gasteiger partial charge in [0.25, 0.3) is 5.56 Å². The van der Waals surface area contributed by atoms with E-state index in [9.17, 15) is 9.90 Å². The number of rotatable bonds is 1. The van der Waals surface area contributed by atoms with Crippen molar-refractivity contribution in [1.29, 1.82) is 0 Å². The van der Waals surface area contributed by atoms with Crippen LogP contribution < -0.4 is 5.56 Å². The van der Waals surface area contributed by atoms with Gasteiger partial charge in [-0.3, -0.25) is 4.79 Å². The highest BCUT2D eigenvalue weighted by Crippen LogP contribution is 2.39. The average Bonchev–Trinajstić information content (AvgIpc) is 2.48. The summed E-state index contributed by atoms with van der Waals surface area (Å²) in [4.78, 5) is 12.5. The SMILES string of the molecule is Cc1cc(Cl)c2ccccc2c1-c1c(O)c(Cl)nn(C)c1=O. The number of fused-ring (bicyclic) bond motifs is 1. The minimum Gasteiger partial charge on any atom is -0.504 e. The van der Waals surface area contributed by atoms with Crippen molar-refractivity contribution in [3.8, 4) is 16.9 Å². The third-order valence-corrected chi connectivity index (χ3v) is 4.19. The van der Waals surface area contributed by atoms with Crippen LogP contribution in [0.4, 0.5) is 0 Å². The van der Waals surface area contributed by atoms with Crippen LogP contribution in [0.1, 0.15) is 5.56 Å². The lowest BCUT2D eigenvalue weighted by Crippen LogP contribution is -2.21. The molecule has 1 N–H and O–H groups in total. The molecule has 0 spiro atoms. The fourth-order valence-corrected chi connectivity index (χ4v) is 3.15. The second kappa shape index (κ2) is 5.30. The summed E-state index contributed by atoms with van der Waals surface area (Å²) in [5, 5.41) is 16.1. The van der Waals surface area contributed by atoms with E-state index >= 15 is 0 Å². The Bertz CT molecular complexity index is 964. The Morgan fingerprint density at radius 3 is 2.45 bits per heavy atom. The minimum atomic E-state index is -0.419. The first-order valence-electron chi connectivity index (χ1n) is 6.55. The minimum absolute atomic E-state index is 0.115. The molecule has 0 fully saturated rings. The van der Waals surface area contributed by atoms with Crippen LogP contribution in [0.3, 0.4) is 0 Å². The number of hydrogen-bond acceptors (Lipinski definition) is 3. The number of halogens is 2. The molecule has 1 heterocycles. The van der Waals surface area contributed by atoms with Crippen molar-refractivity contribution < 1.29 is 5.11 Å². The van der Waals surface area contributed by atoms with Crippen molar-refractivity contribution in [3.05, 3.63) is 56.4 Å². The molecular formula is C16H12Cl2N2O2. The van der Waals surface area contributed by atoms with Gasteiger partial charge in [-0.15, -0.1) is 0 Å². The van der Waals surface area contributed by atoms with Crippen molar-refractivity contribution in [2.24, 2.45) is 7.05 Å². The molecule has 22 heavy (non-hydrogen) atoms. The highest BCUT2D eigenvalue weighted by molar-refractivity contribution is 6.36. The Labute approximate surface area is 136 Å². The quantitative estimate of drug-likeness (QED) is 0.733. The number of aromatic hydroxyl groups is 1. The molecule has 3 rings (SSSR count). The van der Waals surface area contributed by atoms with Gasteiger partial charge in [-0.05, 0) is 23.9 Å². The summed E-state index contributed by atoms with van der Waals surface area (Å²) in [6.45, 7) is 1.83. The predicted octanol–water partition coefficient (Wildman–Crippen LogP) is 3.92. The van der Waals surface area contributed by atoms with E-state index in [4.69, 9.17) is 23.2 Å². The lowest BCUT2D eigenvalue weighted by atomic mass is 9.94. The monoisotopic (exact) mass is 334 g/mol. The predicted molar refractivity (Wildman–Crippen MR) is 88.8 cm³/mol. The van der Waals surface area contributed by atoms with Gasteiger partial charge < -0.3 is 5.11 Å². The number of benzene rings is 2. The molecule has 2 aromatic carbocycles. The summed E-state index contributed by atoms with van der Waals surface area (Å²) in [7, 11) is 1.49. The maximum absolute atomic E-state index is 12.5. The number of aromatic nitrogens is 2. The van der Waals surface area contributed by atoms with E-state index in [1.54, 1.807) is 6.07 Å². The molecule has 0 bridgehead atoms. The van der Waals surface area contributed by atoms with E-state index in [1.807, 2.05) is 31.2 Å². The van der Waals surface area contributed by atoms with Crippen LogP contribution in [-0.4, -0.2) is 14.9 Å². The normalized spacial score (nSPS) is 11.1. The Kier molecular flexibility index (Phi) is 3.59. The van der Waals surface area contributed by atoms with Gasteiger partial charge in [0.05, 0.1) is 5.56 Å². The molecule has 0 saturated carbocycles. The molecule has 0 amide bonds. The van der Waals surface area contributed by atoms with Crippen LogP contribution in [0.5, 0.6) is 5.75 Å². The summed E-state index contributed by atoms with van der Waals surface area (Å²) >= 11 is 12.2. The Morgan fingerprint density at radius 1 is 1.14 bits per heavy atom. The first-order chi connectivity index (χ1) is 10.4. The van der Waals surface area contributed by atoms with Gasteiger partial charge >= 0.3 is 0 Å². The van der Waals surface area contributed by atoms with Crippen LogP contribution >= 0.6 is 23.2 Å². The molecule has 1 aromatic heterocycles. The second-order valence-electron chi connectivity index (χ2n) is 5.04. The number of nitrogens with zero attached hydrogens (tertiary/aromatic N) is 2. The molecule has 0 radical (unpaired) electrons. The smallest absolute Gasteiger partial charge is 0.278 e. The average molecular weight is 335 g/mol. The van der Waals surface area contributed by atoms with Crippen LogP contribution in [0.15, 0.2) is 35.1 Å². The third-order valence-electron chi connectivity index (χ3n) is 3.62. The standard InChI is InChI=1S/C16H12Cl2N2O2/c1-8-7-11(17)9-5-3-4-6-10(9)12(8)13-14(21)15(18)19-20(2)16(13)22/h3-7,21H,1-2H3. The van der Waals surface area contributed by atoms with Crippen molar-refractivity contribution in [1.82, 2.24) is 9.78 Å². The first kappa shape index (κ1) is 14.9. The molecule has 0 aliphatic carbocycles. The van der Waals surface area contributed by atoms with Gasteiger partial charge in [-0.2, -0.15) is 5.10 Å². The fraction of sp³-hybridized carbons (Fsp3) is 0.125. The summed E-state index contributed by atoms with van der Waals surface area (Å²) in [5.74, 6) is -0.319. The molecule has 0 aliphatic heterocycles. The van der Waals surface area contributed by atoms with Crippen LogP contribution in [-0.2, 0) is 7.05 Å². The largest absolute Gasteiger partial charge is 0.504 e.